The molecule has 0 aliphatic rings. The standard InChI is InChI=1S/C9H18N2O4/c1-6(9(13)14)5-11-8(12)7(10)3-4-15-2/h6-7H,3-5,10H2,1-2H3,(H,11,12)(H,13,14). The number of nitrogens with one attached hydrogen (secondary N) is 1. The molecule has 1 amide bonds. The summed E-state index contributed by atoms with van der Waals surface area (Å²) >= 11 is 0. The van der Waals surface area contributed by atoms with Crippen molar-refractivity contribution >= 4 is 11.9 Å². The maximum atomic E-state index is 11.3. The molecule has 0 aliphatic carbocycles. The number of carbonyl (C=O) groups excluding carboxylic acids is 1. The Morgan fingerprint density at radius 2 is 2.13 bits per heavy atom. The Kier molecular flexibility index (Phi) is 6.64. The third kappa shape index (κ3) is 6.03. The lowest BCUT2D eigenvalue weighted by atomic mass is 10.1. The fourth-order valence-corrected chi connectivity index (χ4v) is 0.848. The Morgan fingerprint density at radius 1 is 1.53 bits per heavy atom. The summed E-state index contributed by atoms with van der Waals surface area (Å²) in [5.41, 5.74) is 5.53. The monoisotopic (exact) mass is 218 g/mol. The number of carboxylic acids is 1. The number of ether oxygens (including phenoxy) is 1. The van der Waals surface area contributed by atoms with Crippen molar-refractivity contribution in [3.05, 3.63) is 0 Å². The summed E-state index contributed by atoms with van der Waals surface area (Å²) in [6.45, 7) is 2.02. The minimum absolute atomic E-state index is 0.0921. The first-order valence-electron chi connectivity index (χ1n) is 4.74. The Bertz CT molecular complexity index is 220. The zero-order chi connectivity index (χ0) is 11.8. The van der Waals surface area contributed by atoms with E-state index in [0.717, 1.165) is 0 Å². The zero-order valence-corrected chi connectivity index (χ0v) is 9.03. The molecule has 0 spiro atoms. The number of aliphatic carboxylic acids is 1. The maximum absolute atomic E-state index is 11.3. The van der Waals surface area contributed by atoms with Crippen molar-refractivity contribution in [2.45, 2.75) is 19.4 Å². The third-order valence-corrected chi connectivity index (χ3v) is 1.97. The summed E-state index contributed by atoms with van der Waals surface area (Å²) < 4.78 is 4.77. The smallest absolute Gasteiger partial charge is 0.308 e. The van der Waals surface area contributed by atoms with Crippen LogP contribution in [-0.2, 0) is 14.3 Å². The number of carbonyl (C=O) groups is 2. The fraction of sp³-hybridized carbons (Fsp3) is 0.778. The Balaban J connectivity index is 3.77. The number of carboxylic acid groups (broad SMARTS) is 1. The van der Waals surface area contributed by atoms with Crippen LogP contribution in [0.2, 0.25) is 0 Å². The van der Waals surface area contributed by atoms with Crippen LogP contribution in [-0.4, -0.2) is 43.3 Å². The maximum Gasteiger partial charge on any atom is 0.308 e. The van der Waals surface area contributed by atoms with Crippen LogP contribution in [0.5, 0.6) is 0 Å². The van der Waals surface area contributed by atoms with Crippen molar-refractivity contribution < 1.29 is 19.4 Å². The first kappa shape index (κ1) is 13.9. The van der Waals surface area contributed by atoms with Crippen molar-refractivity contribution in [3.63, 3.8) is 0 Å². The predicted molar refractivity (Wildman–Crippen MR) is 54.3 cm³/mol. The first-order valence-corrected chi connectivity index (χ1v) is 4.74. The molecular weight excluding hydrogens is 200 g/mol. The highest BCUT2D eigenvalue weighted by atomic mass is 16.5. The van der Waals surface area contributed by atoms with Gasteiger partial charge >= 0.3 is 5.97 Å². The van der Waals surface area contributed by atoms with Gasteiger partial charge in [0, 0.05) is 20.3 Å². The highest BCUT2D eigenvalue weighted by molar-refractivity contribution is 5.82. The third-order valence-electron chi connectivity index (χ3n) is 1.97. The van der Waals surface area contributed by atoms with E-state index in [1.807, 2.05) is 0 Å². The van der Waals surface area contributed by atoms with Crippen LogP contribution in [0.1, 0.15) is 13.3 Å². The largest absolute Gasteiger partial charge is 0.481 e. The topological polar surface area (TPSA) is 102 Å². The van der Waals surface area contributed by atoms with E-state index in [9.17, 15) is 9.59 Å². The second-order valence-corrected chi connectivity index (χ2v) is 3.37. The van der Waals surface area contributed by atoms with Gasteiger partial charge in [-0.05, 0) is 6.42 Å². The van der Waals surface area contributed by atoms with Gasteiger partial charge in [0.05, 0.1) is 12.0 Å². The zero-order valence-electron chi connectivity index (χ0n) is 9.03. The van der Waals surface area contributed by atoms with Gasteiger partial charge in [0.15, 0.2) is 0 Å². The summed E-state index contributed by atoms with van der Waals surface area (Å²) in [6.07, 6.45) is 0.420. The molecule has 0 rings (SSSR count). The van der Waals surface area contributed by atoms with Crippen LogP contribution >= 0.6 is 0 Å². The molecule has 0 radical (unpaired) electrons. The average Bonchev–Trinajstić information content (AvgIpc) is 2.21. The van der Waals surface area contributed by atoms with Crippen LogP contribution in [0.3, 0.4) is 0 Å². The summed E-state index contributed by atoms with van der Waals surface area (Å²) in [7, 11) is 1.52. The van der Waals surface area contributed by atoms with E-state index in [1.165, 1.54) is 14.0 Å². The number of nitrogens with two attached hydrogens (primary N) is 1. The molecule has 0 heterocycles. The molecule has 0 fully saturated rings. The average molecular weight is 218 g/mol. The van der Waals surface area contributed by atoms with Gasteiger partial charge in [0.25, 0.3) is 0 Å². The molecule has 6 nitrogen and oxygen atoms in total. The van der Waals surface area contributed by atoms with Crippen molar-refractivity contribution in [3.8, 4) is 0 Å². The highest BCUT2D eigenvalue weighted by Crippen LogP contribution is 1.93. The molecular formula is C9H18N2O4. The van der Waals surface area contributed by atoms with Crippen molar-refractivity contribution in [1.29, 1.82) is 0 Å². The van der Waals surface area contributed by atoms with Crippen molar-refractivity contribution in [2.24, 2.45) is 11.7 Å². The summed E-state index contributed by atoms with van der Waals surface area (Å²) in [5.74, 6) is -1.90. The summed E-state index contributed by atoms with van der Waals surface area (Å²) in [4.78, 5) is 21.7. The van der Waals surface area contributed by atoms with Crippen molar-refractivity contribution in [2.75, 3.05) is 20.3 Å². The normalized spacial score (nSPS) is 14.3. The van der Waals surface area contributed by atoms with Gasteiger partial charge in [-0.1, -0.05) is 6.92 Å². The van der Waals surface area contributed by atoms with Gasteiger partial charge in [-0.3, -0.25) is 9.59 Å². The van der Waals surface area contributed by atoms with E-state index < -0.39 is 17.9 Å². The molecule has 2 unspecified atom stereocenters. The molecule has 6 heteroatoms. The van der Waals surface area contributed by atoms with Gasteiger partial charge in [0.2, 0.25) is 5.91 Å². The second-order valence-electron chi connectivity index (χ2n) is 3.37. The predicted octanol–water partition coefficient (Wildman–Crippen LogP) is -0.813. The lowest BCUT2D eigenvalue weighted by Gasteiger charge is -2.13. The number of amides is 1. The summed E-state index contributed by atoms with van der Waals surface area (Å²) in [6, 6.07) is -0.647. The molecule has 0 aromatic heterocycles. The Labute approximate surface area is 88.8 Å². The molecule has 0 aliphatic heterocycles. The van der Waals surface area contributed by atoms with E-state index in [4.69, 9.17) is 15.6 Å². The van der Waals surface area contributed by atoms with Crippen molar-refractivity contribution in [1.82, 2.24) is 5.32 Å². The van der Waals surface area contributed by atoms with E-state index in [2.05, 4.69) is 5.32 Å². The number of methoxy groups -OCH3 is 1. The van der Waals surface area contributed by atoms with E-state index in [0.29, 0.717) is 13.0 Å². The van der Waals surface area contributed by atoms with Crippen LogP contribution in [0.4, 0.5) is 0 Å². The minimum Gasteiger partial charge on any atom is -0.481 e. The molecule has 0 bridgehead atoms. The molecule has 88 valence electrons. The number of hydrogen-bond donors (Lipinski definition) is 3. The van der Waals surface area contributed by atoms with Gasteiger partial charge in [-0.15, -0.1) is 0 Å². The summed E-state index contributed by atoms with van der Waals surface area (Å²) in [5, 5.41) is 11.0. The highest BCUT2D eigenvalue weighted by Gasteiger charge is 2.16. The van der Waals surface area contributed by atoms with E-state index >= 15 is 0 Å². The lowest BCUT2D eigenvalue weighted by Crippen LogP contribution is -2.43. The lowest BCUT2D eigenvalue weighted by molar-refractivity contribution is -0.141. The van der Waals surface area contributed by atoms with E-state index in [1.54, 1.807) is 0 Å². The number of rotatable bonds is 7. The van der Waals surface area contributed by atoms with Crippen LogP contribution in [0, 0.1) is 5.92 Å². The Morgan fingerprint density at radius 3 is 2.60 bits per heavy atom. The first-order chi connectivity index (χ1) is 6.99. The molecule has 15 heavy (non-hydrogen) atoms. The molecule has 0 aromatic rings. The Hall–Kier alpha value is -1.14. The molecule has 4 N–H and O–H groups in total. The van der Waals surface area contributed by atoms with Crippen LogP contribution in [0.25, 0.3) is 0 Å². The molecule has 2 atom stereocenters. The fourth-order valence-electron chi connectivity index (χ4n) is 0.848. The molecule has 0 saturated heterocycles. The minimum atomic E-state index is -0.944. The number of hydrogen-bond acceptors (Lipinski definition) is 4. The molecule has 0 saturated carbocycles. The van der Waals surface area contributed by atoms with E-state index in [-0.39, 0.29) is 12.5 Å². The van der Waals surface area contributed by atoms with Gasteiger partial charge in [-0.25, -0.2) is 0 Å². The second kappa shape index (κ2) is 7.19. The van der Waals surface area contributed by atoms with Gasteiger partial charge < -0.3 is 20.9 Å². The van der Waals surface area contributed by atoms with Crippen LogP contribution in [0.15, 0.2) is 0 Å². The quantitative estimate of drug-likeness (QED) is 0.518. The molecule has 0 aromatic carbocycles. The van der Waals surface area contributed by atoms with Gasteiger partial charge in [-0.2, -0.15) is 0 Å². The van der Waals surface area contributed by atoms with Crippen LogP contribution < -0.4 is 11.1 Å². The van der Waals surface area contributed by atoms with Gasteiger partial charge in [0.1, 0.15) is 0 Å². The SMILES string of the molecule is COCCC(N)C(=O)NCC(C)C(=O)O.